The molecule has 0 bridgehead atoms. The summed E-state index contributed by atoms with van der Waals surface area (Å²) in [5.74, 6) is -0.158. The van der Waals surface area contributed by atoms with E-state index in [0.717, 1.165) is 6.42 Å². The highest BCUT2D eigenvalue weighted by Crippen LogP contribution is 2.27. The van der Waals surface area contributed by atoms with Gasteiger partial charge >= 0.3 is 0 Å². The Balaban J connectivity index is 2.63. The van der Waals surface area contributed by atoms with Crippen molar-refractivity contribution in [1.29, 1.82) is 0 Å². The van der Waals surface area contributed by atoms with E-state index in [1.165, 1.54) is 0 Å². The van der Waals surface area contributed by atoms with Crippen molar-refractivity contribution in [2.24, 2.45) is 5.92 Å². The van der Waals surface area contributed by atoms with E-state index in [1.54, 1.807) is 7.11 Å². The van der Waals surface area contributed by atoms with Crippen LogP contribution in [0, 0.1) is 5.92 Å². The first kappa shape index (κ1) is 11.9. The van der Waals surface area contributed by atoms with Crippen molar-refractivity contribution in [2.75, 3.05) is 13.7 Å². The third-order valence-corrected chi connectivity index (χ3v) is 2.92. The molecular formula is C10H20O4. The summed E-state index contributed by atoms with van der Waals surface area (Å²) in [6.45, 7) is 4.17. The zero-order valence-electron chi connectivity index (χ0n) is 9.01. The molecule has 0 unspecified atom stereocenters. The minimum absolute atomic E-state index is 0.158. The van der Waals surface area contributed by atoms with Crippen molar-refractivity contribution in [3.63, 3.8) is 0 Å². The Morgan fingerprint density at radius 1 is 1.21 bits per heavy atom. The lowest BCUT2D eigenvalue weighted by molar-refractivity contribution is -0.207. The number of rotatable bonds is 3. The topological polar surface area (TPSA) is 58.9 Å². The van der Waals surface area contributed by atoms with Crippen LogP contribution >= 0.6 is 0 Å². The maximum Gasteiger partial charge on any atom is 0.107 e. The van der Waals surface area contributed by atoms with E-state index >= 15 is 0 Å². The summed E-state index contributed by atoms with van der Waals surface area (Å²) in [6, 6.07) is 0. The molecule has 4 heteroatoms. The average Bonchev–Trinajstić information content (AvgIpc) is 2.19. The summed E-state index contributed by atoms with van der Waals surface area (Å²) < 4.78 is 10.5. The van der Waals surface area contributed by atoms with Crippen molar-refractivity contribution in [2.45, 2.75) is 44.7 Å². The zero-order valence-corrected chi connectivity index (χ0v) is 9.01. The Labute approximate surface area is 84.8 Å². The standard InChI is InChI=1S/C10H20O4/c1-4-7-9(11)6(2)10(12)8(14-7)5-13-3/h6-12H,4-5H2,1-3H3/t6-,7+,8-,9-,10+/m1/s1. The Bertz CT molecular complexity index is 170. The Kier molecular flexibility index (Phi) is 4.31. The molecule has 1 rings (SSSR count). The van der Waals surface area contributed by atoms with Gasteiger partial charge in [-0.1, -0.05) is 13.8 Å². The van der Waals surface area contributed by atoms with E-state index in [2.05, 4.69) is 0 Å². The van der Waals surface area contributed by atoms with Gasteiger partial charge in [-0.05, 0) is 6.42 Å². The number of ether oxygens (including phenoxy) is 2. The highest BCUT2D eigenvalue weighted by molar-refractivity contribution is 4.89. The molecule has 0 aromatic carbocycles. The summed E-state index contributed by atoms with van der Waals surface area (Å²) in [5, 5.41) is 19.6. The van der Waals surface area contributed by atoms with Crippen LogP contribution in [0.15, 0.2) is 0 Å². The normalized spacial score (nSPS) is 43.9. The lowest BCUT2D eigenvalue weighted by Gasteiger charge is -2.41. The summed E-state index contributed by atoms with van der Waals surface area (Å²) in [7, 11) is 1.58. The fraction of sp³-hybridized carbons (Fsp3) is 1.00. The van der Waals surface area contributed by atoms with Crippen LogP contribution in [-0.2, 0) is 9.47 Å². The largest absolute Gasteiger partial charge is 0.390 e. The fourth-order valence-corrected chi connectivity index (χ4v) is 1.90. The molecule has 0 radical (unpaired) electrons. The van der Waals surface area contributed by atoms with Crippen LogP contribution in [0.4, 0.5) is 0 Å². The number of methoxy groups -OCH3 is 1. The summed E-state index contributed by atoms with van der Waals surface area (Å²) in [4.78, 5) is 0. The molecule has 5 atom stereocenters. The van der Waals surface area contributed by atoms with Gasteiger partial charge in [-0.15, -0.1) is 0 Å². The van der Waals surface area contributed by atoms with E-state index in [9.17, 15) is 10.2 Å². The van der Waals surface area contributed by atoms with Gasteiger partial charge in [-0.3, -0.25) is 0 Å². The van der Waals surface area contributed by atoms with Gasteiger partial charge in [-0.25, -0.2) is 0 Å². The summed E-state index contributed by atoms with van der Waals surface area (Å²) >= 11 is 0. The van der Waals surface area contributed by atoms with Crippen molar-refractivity contribution < 1.29 is 19.7 Å². The van der Waals surface area contributed by atoms with E-state index in [4.69, 9.17) is 9.47 Å². The van der Waals surface area contributed by atoms with Crippen molar-refractivity contribution in [3.8, 4) is 0 Å². The molecular weight excluding hydrogens is 184 g/mol. The highest BCUT2D eigenvalue weighted by Gasteiger charge is 2.40. The van der Waals surface area contributed by atoms with Crippen LogP contribution in [0.2, 0.25) is 0 Å². The Morgan fingerprint density at radius 2 is 1.79 bits per heavy atom. The number of hydrogen-bond acceptors (Lipinski definition) is 4. The quantitative estimate of drug-likeness (QED) is 0.688. The van der Waals surface area contributed by atoms with Crippen LogP contribution in [0.5, 0.6) is 0 Å². The molecule has 0 spiro atoms. The second kappa shape index (κ2) is 5.07. The summed E-state index contributed by atoms with van der Waals surface area (Å²) in [5.41, 5.74) is 0. The number of aliphatic hydroxyl groups is 2. The van der Waals surface area contributed by atoms with Crippen LogP contribution in [0.1, 0.15) is 20.3 Å². The first-order valence-electron chi connectivity index (χ1n) is 5.12. The molecule has 0 amide bonds. The zero-order chi connectivity index (χ0) is 10.7. The monoisotopic (exact) mass is 204 g/mol. The minimum Gasteiger partial charge on any atom is -0.390 e. The minimum atomic E-state index is -0.646. The van der Waals surface area contributed by atoms with Gasteiger partial charge in [0.15, 0.2) is 0 Å². The first-order chi connectivity index (χ1) is 6.61. The molecule has 0 saturated carbocycles. The molecule has 1 fully saturated rings. The van der Waals surface area contributed by atoms with Crippen molar-refractivity contribution in [1.82, 2.24) is 0 Å². The smallest absolute Gasteiger partial charge is 0.107 e. The van der Waals surface area contributed by atoms with Crippen LogP contribution in [0.3, 0.4) is 0 Å². The lowest BCUT2D eigenvalue weighted by atomic mass is 9.87. The first-order valence-corrected chi connectivity index (χ1v) is 5.12. The predicted octanol–water partition coefficient (Wildman–Crippen LogP) is 0.168. The van der Waals surface area contributed by atoms with E-state index < -0.39 is 12.2 Å². The molecule has 0 aromatic heterocycles. The van der Waals surface area contributed by atoms with Crippen molar-refractivity contribution in [3.05, 3.63) is 0 Å². The lowest BCUT2D eigenvalue weighted by Crippen LogP contribution is -2.54. The van der Waals surface area contributed by atoms with Crippen molar-refractivity contribution >= 4 is 0 Å². The third-order valence-electron chi connectivity index (χ3n) is 2.92. The Morgan fingerprint density at radius 3 is 2.29 bits per heavy atom. The molecule has 0 aliphatic carbocycles. The van der Waals surface area contributed by atoms with Gasteiger partial charge < -0.3 is 19.7 Å². The van der Waals surface area contributed by atoms with Gasteiger partial charge in [-0.2, -0.15) is 0 Å². The van der Waals surface area contributed by atoms with Crippen LogP contribution < -0.4 is 0 Å². The highest BCUT2D eigenvalue weighted by atomic mass is 16.6. The van der Waals surface area contributed by atoms with Crippen LogP contribution in [0.25, 0.3) is 0 Å². The van der Waals surface area contributed by atoms with E-state index in [-0.39, 0.29) is 18.1 Å². The molecule has 1 aliphatic rings. The second-order valence-electron chi connectivity index (χ2n) is 3.92. The van der Waals surface area contributed by atoms with Gasteiger partial charge in [0.2, 0.25) is 0 Å². The SMILES string of the molecule is CC[C@@H]1O[C@H](COC)[C@@H](O)[C@H](C)[C@H]1O. The molecule has 1 aliphatic heterocycles. The second-order valence-corrected chi connectivity index (χ2v) is 3.92. The predicted molar refractivity (Wildman–Crippen MR) is 52.0 cm³/mol. The molecule has 2 N–H and O–H groups in total. The number of aliphatic hydroxyl groups excluding tert-OH is 2. The Hall–Kier alpha value is -0.160. The van der Waals surface area contributed by atoms with Gasteiger partial charge in [0, 0.05) is 13.0 Å². The summed E-state index contributed by atoms with van der Waals surface area (Å²) in [6.07, 6.45) is -0.980. The molecule has 1 heterocycles. The molecule has 14 heavy (non-hydrogen) atoms. The molecule has 0 aromatic rings. The van der Waals surface area contributed by atoms with E-state index in [1.807, 2.05) is 13.8 Å². The average molecular weight is 204 g/mol. The molecule has 4 nitrogen and oxygen atoms in total. The van der Waals surface area contributed by atoms with Gasteiger partial charge in [0.1, 0.15) is 6.10 Å². The van der Waals surface area contributed by atoms with Gasteiger partial charge in [0.05, 0.1) is 24.9 Å². The van der Waals surface area contributed by atoms with Crippen LogP contribution in [-0.4, -0.2) is 48.3 Å². The third kappa shape index (κ3) is 2.25. The molecule has 1 saturated heterocycles. The fourth-order valence-electron chi connectivity index (χ4n) is 1.90. The van der Waals surface area contributed by atoms with Gasteiger partial charge in [0.25, 0.3) is 0 Å². The number of hydrogen-bond donors (Lipinski definition) is 2. The maximum absolute atomic E-state index is 9.79. The van der Waals surface area contributed by atoms with E-state index in [0.29, 0.717) is 6.61 Å². The molecule has 84 valence electrons. The maximum atomic E-state index is 9.79.